The summed E-state index contributed by atoms with van der Waals surface area (Å²) >= 11 is 5.93. The highest BCUT2D eigenvalue weighted by Crippen LogP contribution is 2.31. The highest BCUT2D eigenvalue weighted by molar-refractivity contribution is 6.31. The molecule has 0 saturated heterocycles. The Morgan fingerprint density at radius 1 is 1.05 bits per heavy atom. The minimum atomic E-state index is -4.34. The molecule has 0 atom stereocenters. The number of benzene rings is 1. The summed E-state index contributed by atoms with van der Waals surface area (Å²) in [4.78, 5) is 3.85. The number of nitrogens with zero attached hydrogens (tertiary/aromatic N) is 1. The molecule has 0 unspecified atom stereocenters. The summed E-state index contributed by atoms with van der Waals surface area (Å²) in [5.41, 5.74) is 0.393. The summed E-state index contributed by atoms with van der Waals surface area (Å²) in [6.07, 6.45) is -1.25. The number of hydrogen-bond acceptors (Lipinski definition) is 2. The van der Waals surface area contributed by atoms with Crippen molar-refractivity contribution in [3.8, 4) is 0 Å². The molecule has 6 heteroatoms. The van der Waals surface area contributed by atoms with Gasteiger partial charge in [0.15, 0.2) is 0 Å². The fourth-order valence-corrected chi connectivity index (χ4v) is 2.02. The molecule has 0 aliphatic carbocycles. The molecule has 1 N–H and O–H groups in total. The predicted molar refractivity (Wildman–Crippen MR) is 71.2 cm³/mol. The fraction of sp³-hybridized carbons (Fsp3) is 0.214. The highest BCUT2D eigenvalue weighted by atomic mass is 35.5. The summed E-state index contributed by atoms with van der Waals surface area (Å²) in [6, 6.07) is 7.24. The third kappa shape index (κ3) is 3.71. The number of hydrogen-bond donors (Lipinski definition) is 1. The van der Waals surface area contributed by atoms with Crippen LogP contribution in [0.4, 0.5) is 13.2 Å². The van der Waals surface area contributed by atoms with Crippen LogP contribution in [-0.2, 0) is 19.3 Å². The SMILES string of the molecule is FC(F)(F)c1ccccc1CNCc1ccncc1Cl. The molecule has 20 heavy (non-hydrogen) atoms. The predicted octanol–water partition coefficient (Wildman–Crippen LogP) is 4.04. The zero-order chi connectivity index (χ0) is 14.6. The number of halogens is 4. The van der Waals surface area contributed by atoms with Crippen molar-refractivity contribution in [2.45, 2.75) is 19.3 Å². The zero-order valence-electron chi connectivity index (χ0n) is 10.4. The molecule has 1 aromatic heterocycles. The van der Waals surface area contributed by atoms with Crippen molar-refractivity contribution in [1.29, 1.82) is 0 Å². The number of rotatable bonds is 4. The van der Waals surface area contributed by atoms with Crippen molar-refractivity contribution in [1.82, 2.24) is 10.3 Å². The maximum Gasteiger partial charge on any atom is 0.416 e. The van der Waals surface area contributed by atoms with E-state index < -0.39 is 11.7 Å². The summed E-state index contributed by atoms with van der Waals surface area (Å²) in [7, 11) is 0. The summed E-state index contributed by atoms with van der Waals surface area (Å²) < 4.78 is 38.4. The summed E-state index contributed by atoms with van der Waals surface area (Å²) in [5, 5.41) is 3.45. The van der Waals surface area contributed by atoms with Gasteiger partial charge in [-0.05, 0) is 23.3 Å². The van der Waals surface area contributed by atoms with E-state index in [1.807, 2.05) is 0 Å². The molecule has 2 aromatic rings. The Balaban J connectivity index is 2.04. The third-order valence-corrected chi connectivity index (χ3v) is 3.15. The van der Waals surface area contributed by atoms with Crippen LogP contribution in [0.3, 0.4) is 0 Å². The van der Waals surface area contributed by atoms with Gasteiger partial charge in [-0.3, -0.25) is 4.98 Å². The van der Waals surface area contributed by atoms with Gasteiger partial charge < -0.3 is 5.32 Å². The van der Waals surface area contributed by atoms with Gasteiger partial charge in [0.05, 0.1) is 10.6 Å². The van der Waals surface area contributed by atoms with Crippen molar-refractivity contribution in [3.05, 3.63) is 64.4 Å². The molecular weight excluding hydrogens is 289 g/mol. The van der Waals surface area contributed by atoms with Gasteiger partial charge in [-0.1, -0.05) is 29.8 Å². The lowest BCUT2D eigenvalue weighted by Gasteiger charge is -2.13. The Hall–Kier alpha value is -1.59. The maximum absolute atomic E-state index is 12.8. The molecule has 0 radical (unpaired) electrons. The van der Waals surface area contributed by atoms with Crippen molar-refractivity contribution >= 4 is 11.6 Å². The van der Waals surface area contributed by atoms with Gasteiger partial charge >= 0.3 is 6.18 Å². The van der Waals surface area contributed by atoms with Crippen LogP contribution in [0.5, 0.6) is 0 Å². The van der Waals surface area contributed by atoms with Crippen LogP contribution in [0.2, 0.25) is 5.02 Å². The second-order valence-electron chi connectivity index (χ2n) is 4.23. The van der Waals surface area contributed by atoms with Gasteiger partial charge in [-0.25, -0.2) is 0 Å². The zero-order valence-corrected chi connectivity index (χ0v) is 11.2. The van der Waals surface area contributed by atoms with Crippen molar-refractivity contribution in [2.24, 2.45) is 0 Å². The van der Waals surface area contributed by atoms with Gasteiger partial charge in [-0.2, -0.15) is 13.2 Å². The number of pyridine rings is 1. The minimum Gasteiger partial charge on any atom is -0.309 e. The molecule has 0 saturated carbocycles. The molecule has 0 bridgehead atoms. The van der Waals surface area contributed by atoms with Crippen molar-refractivity contribution < 1.29 is 13.2 Å². The van der Waals surface area contributed by atoms with E-state index in [0.29, 0.717) is 11.6 Å². The molecule has 0 amide bonds. The van der Waals surface area contributed by atoms with Crippen LogP contribution in [0.15, 0.2) is 42.7 Å². The number of nitrogens with one attached hydrogen (secondary N) is 1. The smallest absolute Gasteiger partial charge is 0.309 e. The summed E-state index contributed by atoms with van der Waals surface area (Å²) in [5.74, 6) is 0. The van der Waals surface area contributed by atoms with Crippen LogP contribution in [0.1, 0.15) is 16.7 Å². The minimum absolute atomic E-state index is 0.119. The van der Waals surface area contributed by atoms with Crippen molar-refractivity contribution in [2.75, 3.05) is 0 Å². The van der Waals surface area contributed by atoms with Crippen molar-refractivity contribution in [3.63, 3.8) is 0 Å². The van der Waals surface area contributed by atoms with Crippen LogP contribution >= 0.6 is 11.6 Å². The molecule has 106 valence electrons. The lowest BCUT2D eigenvalue weighted by molar-refractivity contribution is -0.138. The Kier molecular flexibility index (Phi) is 4.62. The molecule has 1 heterocycles. The van der Waals surface area contributed by atoms with Crippen LogP contribution in [-0.4, -0.2) is 4.98 Å². The molecular formula is C14H12ClF3N2. The third-order valence-electron chi connectivity index (χ3n) is 2.81. The van der Waals surface area contributed by atoms with Gasteiger partial charge in [0.1, 0.15) is 0 Å². The first-order valence-electron chi connectivity index (χ1n) is 5.92. The Morgan fingerprint density at radius 3 is 2.45 bits per heavy atom. The van der Waals surface area contributed by atoms with Crippen LogP contribution < -0.4 is 5.32 Å². The van der Waals surface area contributed by atoms with Gasteiger partial charge in [0, 0.05) is 25.5 Å². The van der Waals surface area contributed by atoms with Crippen LogP contribution in [0, 0.1) is 0 Å². The first-order valence-corrected chi connectivity index (χ1v) is 6.30. The molecule has 0 aliphatic rings. The highest BCUT2D eigenvalue weighted by Gasteiger charge is 2.32. The van der Waals surface area contributed by atoms with E-state index in [9.17, 15) is 13.2 Å². The van der Waals surface area contributed by atoms with Gasteiger partial charge in [-0.15, -0.1) is 0 Å². The summed E-state index contributed by atoms with van der Waals surface area (Å²) in [6.45, 7) is 0.502. The second kappa shape index (κ2) is 6.24. The molecule has 0 fully saturated rings. The number of aromatic nitrogens is 1. The number of alkyl halides is 3. The van der Waals surface area contributed by atoms with E-state index in [0.717, 1.165) is 11.6 Å². The molecule has 2 rings (SSSR count). The Bertz CT molecular complexity index is 585. The van der Waals surface area contributed by atoms with Gasteiger partial charge in [0.2, 0.25) is 0 Å². The average Bonchev–Trinajstić information content (AvgIpc) is 2.40. The standard InChI is InChI=1S/C14H12ClF3N2/c15-13-9-19-6-5-11(13)8-20-7-10-3-1-2-4-12(10)14(16,17)18/h1-6,9,20H,7-8H2. The fourth-order valence-electron chi connectivity index (χ4n) is 1.83. The van der Waals surface area contributed by atoms with E-state index in [1.165, 1.54) is 18.3 Å². The molecule has 0 spiro atoms. The quantitative estimate of drug-likeness (QED) is 0.921. The molecule has 0 aliphatic heterocycles. The molecule has 1 aromatic carbocycles. The second-order valence-corrected chi connectivity index (χ2v) is 4.63. The maximum atomic E-state index is 12.8. The molecule has 2 nitrogen and oxygen atoms in total. The van der Waals surface area contributed by atoms with E-state index in [2.05, 4.69) is 10.3 Å². The van der Waals surface area contributed by atoms with E-state index >= 15 is 0 Å². The largest absolute Gasteiger partial charge is 0.416 e. The first kappa shape index (κ1) is 14.8. The first-order chi connectivity index (χ1) is 9.48. The lowest BCUT2D eigenvalue weighted by atomic mass is 10.1. The monoisotopic (exact) mass is 300 g/mol. The van der Waals surface area contributed by atoms with Crippen LogP contribution in [0.25, 0.3) is 0 Å². The lowest BCUT2D eigenvalue weighted by Crippen LogP contribution is -2.17. The topological polar surface area (TPSA) is 24.9 Å². The normalized spacial score (nSPS) is 11.6. The van der Waals surface area contributed by atoms with E-state index in [1.54, 1.807) is 18.3 Å². The Morgan fingerprint density at radius 2 is 1.75 bits per heavy atom. The Labute approximate surface area is 119 Å². The van der Waals surface area contributed by atoms with Gasteiger partial charge in [0.25, 0.3) is 0 Å². The van der Waals surface area contributed by atoms with E-state index in [4.69, 9.17) is 11.6 Å². The average molecular weight is 301 g/mol. The van der Waals surface area contributed by atoms with E-state index in [-0.39, 0.29) is 12.1 Å².